The maximum atomic E-state index is 11.0. The highest BCUT2D eigenvalue weighted by molar-refractivity contribution is 5.86. The molecule has 0 saturated heterocycles. The zero-order valence-corrected chi connectivity index (χ0v) is 10.8. The zero-order chi connectivity index (χ0) is 14.3. The van der Waals surface area contributed by atoms with Crippen LogP contribution in [0.25, 0.3) is 0 Å². The third-order valence-electron chi connectivity index (χ3n) is 2.76. The summed E-state index contributed by atoms with van der Waals surface area (Å²) in [5, 5.41) is 14.4. The van der Waals surface area contributed by atoms with Gasteiger partial charge in [0.2, 0.25) is 5.91 Å². The normalized spacial score (nSPS) is 11.6. The number of carboxylic acids is 1. The van der Waals surface area contributed by atoms with E-state index in [4.69, 9.17) is 5.11 Å². The maximum absolute atomic E-state index is 11.0. The van der Waals surface area contributed by atoms with Crippen LogP contribution in [0, 0.1) is 0 Å². The van der Waals surface area contributed by atoms with Crippen molar-refractivity contribution in [2.24, 2.45) is 0 Å². The van der Waals surface area contributed by atoms with Crippen molar-refractivity contribution in [2.45, 2.75) is 19.0 Å². The van der Waals surface area contributed by atoms with Crippen molar-refractivity contribution in [3.8, 4) is 0 Å². The third-order valence-corrected chi connectivity index (χ3v) is 2.76. The Bertz CT molecular complexity index is 454. The molecule has 0 bridgehead atoms. The van der Waals surface area contributed by atoms with Crippen LogP contribution in [0.2, 0.25) is 0 Å². The zero-order valence-electron chi connectivity index (χ0n) is 10.8. The van der Waals surface area contributed by atoms with E-state index in [0.717, 1.165) is 11.1 Å². The van der Waals surface area contributed by atoms with Gasteiger partial charge in [-0.2, -0.15) is 0 Å². The second-order valence-electron chi connectivity index (χ2n) is 4.12. The van der Waals surface area contributed by atoms with Gasteiger partial charge in [-0.3, -0.25) is 9.59 Å². The first kappa shape index (κ1) is 14.9. The Morgan fingerprint density at radius 3 is 2.37 bits per heavy atom. The number of carbonyl (C=O) groups is 2. The minimum Gasteiger partial charge on any atom is -0.480 e. The fourth-order valence-corrected chi connectivity index (χ4v) is 1.60. The Morgan fingerprint density at radius 2 is 1.89 bits per heavy atom. The van der Waals surface area contributed by atoms with E-state index >= 15 is 0 Å². The van der Waals surface area contributed by atoms with E-state index in [2.05, 4.69) is 17.2 Å². The standard InChI is InChI=1S/C14H18N2O3/c1-3-13(17)16-9-11-6-4-10(5-7-11)8-12(15-2)14(18)19/h3-7,12,15H,1,8-9H2,2H3,(H,16,17)(H,18,19). The van der Waals surface area contributed by atoms with Crippen LogP contribution in [0.3, 0.4) is 0 Å². The van der Waals surface area contributed by atoms with E-state index in [0.29, 0.717) is 13.0 Å². The molecule has 19 heavy (non-hydrogen) atoms. The highest BCUT2D eigenvalue weighted by Gasteiger charge is 2.14. The summed E-state index contributed by atoms with van der Waals surface area (Å²) in [6.45, 7) is 3.80. The number of benzene rings is 1. The molecule has 0 aliphatic rings. The summed E-state index contributed by atoms with van der Waals surface area (Å²) in [6, 6.07) is 6.87. The lowest BCUT2D eigenvalue weighted by Gasteiger charge is -2.11. The van der Waals surface area contributed by atoms with Crippen molar-refractivity contribution in [2.75, 3.05) is 7.05 Å². The topological polar surface area (TPSA) is 78.4 Å². The van der Waals surface area contributed by atoms with Crippen LogP contribution >= 0.6 is 0 Å². The minimum atomic E-state index is -0.871. The van der Waals surface area contributed by atoms with Crippen LogP contribution in [0.5, 0.6) is 0 Å². The first-order chi connectivity index (χ1) is 9.06. The Balaban J connectivity index is 2.58. The predicted octanol–water partition coefficient (Wildman–Crippen LogP) is 0.704. The average molecular weight is 262 g/mol. The smallest absolute Gasteiger partial charge is 0.321 e. The van der Waals surface area contributed by atoms with Gasteiger partial charge in [0.05, 0.1) is 0 Å². The highest BCUT2D eigenvalue weighted by atomic mass is 16.4. The van der Waals surface area contributed by atoms with Crippen LogP contribution in [0.4, 0.5) is 0 Å². The quantitative estimate of drug-likeness (QED) is 0.632. The number of rotatable bonds is 7. The summed E-state index contributed by atoms with van der Waals surface area (Å²) in [7, 11) is 1.62. The summed E-state index contributed by atoms with van der Waals surface area (Å²) < 4.78 is 0. The fraction of sp³-hybridized carbons (Fsp3) is 0.286. The van der Waals surface area contributed by atoms with Gasteiger partial charge in [0.15, 0.2) is 0 Å². The van der Waals surface area contributed by atoms with Gasteiger partial charge in [0.1, 0.15) is 6.04 Å². The van der Waals surface area contributed by atoms with E-state index < -0.39 is 12.0 Å². The number of nitrogens with one attached hydrogen (secondary N) is 2. The number of hydrogen-bond acceptors (Lipinski definition) is 3. The largest absolute Gasteiger partial charge is 0.480 e. The second-order valence-corrected chi connectivity index (χ2v) is 4.12. The van der Waals surface area contributed by atoms with Gasteiger partial charge in [-0.05, 0) is 30.7 Å². The molecule has 0 spiro atoms. The molecule has 1 aromatic carbocycles. The molecule has 5 nitrogen and oxygen atoms in total. The maximum Gasteiger partial charge on any atom is 0.321 e. The molecular formula is C14H18N2O3. The lowest BCUT2D eigenvalue weighted by Crippen LogP contribution is -2.35. The minimum absolute atomic E-state index is 0.217. The molecular weight excluding hydrogens is 244 g/mol. The molecule has 1 aromatic rings. The first-order valence-electron chi connectivity index (χ1n) is 5.95. The molecule has 0 aliphatic carbocycles. The van der Waals surface area contributed by atoms with Crippen molar-refractivity contribution in [1.82, 2.24) is 10.6 Å². The van der Waals surface area contributed by atoms with Crippen molar-refractivity contribution in [1.29, 1.82) is 0 Å². The van der Waals surface area contributed by atoms with E-state index in [-0.39, 0.29) is 5.91 Å². The van der Waals surface area contributed by atoms with E-state index in [9.17, 15) is 9.59 Å². The monoisotopic (exact) mass is 262 g/mol. The van der Waals surface area contributed by atoms with E-state index in [1.165, 1.54) is 6.08 Å². The molecule has 0 radical (unpaired) electrons. The van der Waals surface area contributed by atoms with Crippen molar-refractivity contribution in [3.05, 3.63) is 48.0 Å². The SMILES string of the molecule is C=CC(=O)NCc1ccc(CC(NC)C(=O)O)cc1. The molecule has 0 aliphatic heterocycles. The van der Waals surface area contributed by atoms with Gasteiger partial charge < -0.3 is 15.7 Å². The summed E-state index contributed by atoms with van der Waals surface area (Å²) in [5.74, 6) is -1.09. The third kappa shape index (κ3) is 4.93. The lowest BCUT2D eigenvalue weighted by molar-refractivity contribution is -0.139. The Kier molecular flexibility index (Phi) is 5.75. The van der Waals surface area contributed by atoms with E-state index in [1.54, 1.807) is 7.05 Å². The number of aliphatic carboxylic acids is 1. The molecule has 3 N–H and O–H groups in total. The number of amides is 1. The van der Waals surface area contributed by atoms with Crippen molar-refractivity contribution < 1.29 is 14.7 Å². The number of carbonyl (C=O) groups excluding carboxylic acids is 1. The van der Waals surface area contributed by atoms with Crippen molar-refractivity contribution >= 4 is 11.9 Å². The van der Waals surface area contributed by atoms with Gasteiger partial charge in [-0.1, -0.05) is 30.8 Å². The molecule has 1 rings (SSSR count). The summed E-state index contributed by atoms with van der Waals surface area (Å²) in [6.07, 6.45) is 1.64. The fourth-order valence-electron chi connectivity index (χ4n) is 1.60. The van der Waals surface area contributed by atoms with Gasteiger partial charge in [-0.15, -0.1) is 0 Å². The summed E-state index contributed by atoms with van der Waals surface area (Å²) in [4.78, 5) is 21.9. The van der Waals surface area contributed by atoms with Gasteiger partial charge in [-0.25, -0.2) is 0 Å². The van der Waals surface area contributed by atoms with Crippen LogP contribution in [0.15, 0.2) is 36.9 Å². The number of carboxylic acid groups (broad SMARTS) is 1. The highest BCUT2D eigenvalue weighted by Crippen LogP contribution is 2.07. The van der Waals surface area contributed by atoms with Crippen LogP contribution in [-0.2, 0) is 22.6 Å². The lowest BCUT2D eigenvalue weighted by atomic mass is 10.0. The molecule has 0 aromatic heterocycles. The Hall–Kier alpha value is -2.14. The van der Waals surface area contributed by atoms with E-state index in [1.807, 2.05) is 24.3 Å². The molecule has 0 saturated carbocycles. The van der Waals surface area contributed by atoms with Gasteiger partial charge in [0.25, 0.3) is 0 Å². The van der Waals surface area contributed by atoms with Gasteiger partial charge >= 0.3 is 5.97 Å². The Labute approximate surface area is 112 Å². The average Bonchev–Trinajstić information content (AvgIpc) is 2.42. The van der Waals surface area contributed by atoms with Crippen molar-refractivity contribution in [3.63, 3.8) is 0 Å². The number of hydrogen-bond donors (Lipinski definition) is 3. The van der Waals surface area contributed by atoms with Gasteiger partial charge in [0, 0.05) is 6.54 Å². The van der Waals surface area contributed by atoms with Crippen LogP contribution < -0.4 is 10.6 Å². The number of likely N-dealkylation sites (N-methyl/N-ethyl adjacent to an activating group) is 1. The predicted molar refractivity (Wildman–Crippen MR) is 72.7 cm³/mol. The summed E-state index contributed by atoms with van der Waals surface area (Å²) in [5.41, 5.74) is 1.89. The molecule has 1 unspecified atom stereocenters. The molecule has 1 atom stereocenters. The molecule has 1 amide bonds. The molecule has 102 valence electrons. The van der Waals surface area contributed by atoms with Crippen LogP contribution in [0.1, 0.15) is 11.1 Å². The summed E-state index contributed by atoms with van der Waals surface area (Å²) >= 11 is 0. The van der Waals surface area contributed by atoms with Crippen LogP contribution in [-0.4, -0.2) is 30.1 Å². The molecule has 5 heteroatoms. The molecule has 0 heterocycles. The molecule has 0 fully saturated rings. The second kappa shape index (κ2) is 7.33. The first-order valence-corrected chi connectivity index (χ1v) is 5.95. The Morgan fingerprint density at radius 1 is 1.32 bits per heavy atom.